The van der Waals surface area contributed by atoms with Crippen LogP contribution in [0.3, 0.4) is 0 Å². The number of thiophene rings is 1. The zero-order valence-electron chi connectivity index (χ0n) is 22.6. The summed E-state index contributed by atoms with van der Waals surface area (Å²) in [7, 11) is 0. The molecule has 9 nitrogen and oxygen atoms in total. The fourth-order valence-corrected chi connectivity index (χ4v) is 6.22. The molecule has 4 rings (SSSR count). The van der Waals surface area contributed by atoms with E-state index in [-0.39, 0.29) is 6.61 Å². The summed E-state index contributed by atoms with van der Waals surface area (Å²) in [4.78, 5) is 38.8. The van der Waals surface area contributed by atoms with Crippen molar-refractivity contribution in [3.8, 4) is 11.5 Å². The number of hydrogen-bond donors (Lipinski definition) is 2. The number of aryl methyl sites for hydroxylation is 1. The summed E-state index contributed by atoms with van der Waals surface area (Å²) in [5.74, 6) is -1.42. The van der Waals surface area contributed by atoms with Crippen molar-refractivity contribution < 1.29 is 28.6 Å². The number of nitrogens with one attached hydrogen (secondary N) is 2. The summed E-state index contributed by atoms with van der Waals surface area (Å²) >= 11 is 10.8. The largest absolute Gasteiger partial charge is 0.490 e. The van der Waals surface area contributed by atoms with Crippen LogP contribution in [0, 0.1) is 0 Å². The van der Waals surface area contributed by atoms with Crippen LogP contribution in [0.15, 0.2) is 46.0 Å². The third-order valence-corrected chi connectivity index (χ3v) is 8.14. The first kappa shape index (κ1) is 30.5. The van der Waals surface area contributed by atoms with Crippen molar-refractivity contribution in [3.05, 3.63) is 73.0 Å². The predicted molar refractivity (Wildman–Crippen MR) is 162 cm³/mol. The first-order valence-corrected chi connectivity index (χ1v) is 15.1. The van der Waals surface area contributed by atoms with Gasteiger partial charge in [0.2, 0.25) is 0 Å². The fourth-order valence-electron chi connectivity index (χ4n) is 4.25. The van der Waals surface area contributed by atoms with Crippen molar-refractivity contribution in [2.45, 2.75) is 46.1 Å². The molecule has 0 spiro atoms. The highest BCUT2D eigenvalue weighted by Gasteiger charge is 2.28. The van der Waals surface area contributed by atoms with E-state index < -0.39 is 17.8 Å². The Morgan fingerprint density at radius 2 is 1.80 bits per heavy atom. The number of hydrazone groups is 1. The van der Waals surface area contributed by atoms with Gasteiger partial charge in [-0.1, -0.05) is 23.7 Å². The third kappa shape index (κ3) is 7.87. The highest BCUT2D eigenvalue weighted by molar-refractivity contribution is 9.10. The minimum Gasteiger partial charge on any atom is -0.490 e. The predicted octanol–water partition coefficient (Wildman–Crippen LogP) is 6.29. The smallest absolute Gasteiger partial charge is 0.341 e. The van der Waals surface area contributed by atoms with Gasteiger partial charge in [0.25, 0.3) is 0 Å². The summed E-state index contributed by atoms with van der Waals surface area (Å²) in [5.41, 5.74) is 4.99. The summed E-state index contributed by atoms with van der Waals surface area (Å²) < 4.78 is 17.6. The van der Waals surface area contributed by atoms with Gasteiger partial charge in [0.05, 0.1) is 29.5 Å². The molecule has 12 heteroatoms. The minimum absolute atomic E-state index is 0.211. The average molecular weight is 663 g/mol. The third-order valence-electron chi connectivity index (χ3n) is 6.09. The van der Waals surface area contributed by atoms with Gasteiger partial charge in [0.15, 0.2) is 11.5 Å². The molecule has 2 N–H and O–H groups in total. The molecule has 0 aliphatic heterocycles. The molecule has 216 valence electrons. The second-order valence-corrected chi connectivity index (χ2v) is 11.4. The molecule has 2 amide bonds. The van der Waals surface area contributed by atoms with Gasteiger partial charge >= 0.3 is 17.8 Å². The molecule has 0 bridgehead atoms. The second-order valence-electron chi connectivity index (χ2n) is 8.97. The Balaban J connectivity index is 1.42. The number of amides is 2. The van der Waals surface area contributed by atoms with Crippen LogP contribution in [0.25, 0.3) is 0 Å². The maximum Gasteiger partial charge on any atom is 0.341 e. The molecular formula is C29H29BrClN3O6S. The summed E-state index contributed by atoms with van der Waals surface area (Å²) in [6.07, 6.45) is 4.90. The summed E-state index contributed by atoms with van der Waals surface area (Å²) in [5, 5.41) is 7.46. The standard InChI is InChI=1S/C29H29BrClN3O6S/c1-3-38-22-14-18(13-21(30)25(22)40-16-17-9-11-19(31)12-10-17)15-32-34-27(36)26(35)33-28-24(29(37)39-4-2)20-7-5-6-8-23(20)41-28/h9-15H,3-8,16H2,1-2H3,(H,33,35)(H,34,36)/b32-15+. The number of anilines is 1. The molecule has 3 aromatic rings. The van der Waals surface area contributed by atoms with Crippen molar-refractivity contribution in [2.75, 3.05) is 18.5 Å². The number of carbonyl (C=O) groups excluding carboxylic acids is 3. The molecule has 1 heterocycles. The number of halogens is 2. The topological polar surface area (TPSA) is 115 Å². The molecule has 1 aliphatic rings. The van der Waals surface area contributed by atoms with Crippen LogP contribution in [-0.4, -0.2) is 37.2 Å². The maximum absolute atomic E-state index is 12.7. The molecule has 0 radical (unpaired) electrons. The van der Waals surface area contributed by atoms with Crippen molar-refractivity contribution in [1.29, 1.82) is 0 Å². The van der Waals surface area contributed by atoms with Crippen molar-refractivity contribution >= 4 is 67.9 Å². The molecule has 2 aromatic carbocycles. The maximum atomic E-state index is 12.7. The zero-order valence-corrected chi connectivity index (χ0v) is 25.7. The van der Waals surface area contributed by atoms with Crippen molar-refractivity contribution in [3.63, 3.8) is 0 Å². The van der Waals surface area contributed by atoms with Gasteiger partial charge in [-0.2, -0.15) is 5.10 Å². The van der Waals surface area contributed by atoms with E-state index in [2.05, 4.69) is 31.8 Å². The Morgan fingerprint density at radius 3 is 2.54 bits per heavy atom. The lowest BCUT2D eigenvalue weighted by atomic mass is 9.95. The SMILES string of the molecule is CCOC(=O)c1c(NC(=O)C(=O)N/N=C/c2cc(Br)c(OCc3ccc(Cl)cc3)c(OCC)c2)sc2c1CCCC2. The lowest BCUT2D eigenvalue weighted by Crippen LogP contribution is -2.32. The lowest BCUT2D eigenvalue weighted by Gasteiger charge is -2.14. The van der Waals surface area contributed by atoms with Gasteiger partial charge in [0.1, 0.15) is 11.6 Å². The number of esters is 1. The Kier molecular flexibility index (Phi) is 10.8. The van der Waals surface area contributed by atoms with Crippen LogP contribution in [0.5, 0.6) is 11.5 Å². The second kappa shape index (κ2) is 14.5. The Hall–Kier alpha value is -3.41. The van der Waals surface area contributed by atoms with Crippen LogP contribution in [0.2, 0.25) is 5.02 Å². The first-order chi connectivity index (χ1) is 19.8. The van der Waals surface area contributed by atoms with E-state index in [0.29, 0.717) is 50.3 Å². The first-order valence-electron chi connectivity index (χ1n) is 13.1. The highest BCUT2D eigenvalue weighted by atomic mass is 79.9. The van der Waals surface area contributed by atoms with Gasteiger partial charge in [-0.05, 0) is 96.4 Å². The molecular weight excluding hydrogens is 634 g/mol. The number of hydrogen-bond acceptors (Lipinski definition) is 8. The molecule has 41 heavy (non-hydrogen) atoms. The normalized spacial score (nSPS) is 12.5. The zero-order chi connectivity index (χ0) is 29.4. The lowest BCUT2D eigenvalue weighted by molar-refractivity contribution is -0.136. The average Bonchev–Trinajstić information content (AvgIpc) is 3.31. The van der Waals surface area contributed by atoms with Crippen LogP contribution < -0.4 is 20.2 Å². The van der Waals surface area contributed by atoms with Gasteiger partial charge in [-0.25, -0.2) is 10.2 Å². The van der Waals surface area contributed by atoms with E-state index >= 15 is 0 Å². The van der Waals surface area contributed by atoms with E-state index in [0.717, 1.165) is 41.7 Å². The number of nitrogens with zero attached hydrogens (tertiary/aromatic N) is 1. The number of fused-ring (bicyclic) bond motifs is 1. The van der Waals surface area contributed by atoms with Crippen molar-refractivity contribution in [1.82, 2.24) is 5.43 Å². The molecule has 0 saturated heterocycles. The minimum atomic E-state index is -0.977. The van der Waals surface area contributed by atoms with Crippen LogP contribution in [0.1, 0.15) is 58.6 Å². The number of carbonyl (C=O) groups is 3. The van der Waals surface area contributed by atoms with Gasteiger partial charge < -0.3 is 19.5 Å². The van der Waals surface area contributed by atoms with E-state index in [1.807, 2.05) is 19.1 Å². The number of rotatable bonds is 10. The highest BCUT2D eigenvalue weighted by Crippen LogP contribution is 2.39. The molecule has 0 atom stereocenters. The van der Waals surface area contributed by atoms with E-state index in [1.165, 1.54) is 17.6 Å². The van der Waals surface area contributed by atoms with Gasteiger partial charge in [-0.3, -0.25) is 9.59 Å². The Bertz CT molecular complexity index is 1460. The molecule has 0 fully saturated rings. The Morgan fingerprint density at radius 1 is 1.05 bits per heavy atom. The quantitative estimate of drug-likeness (QED) is 0.114. The number of ether oxygens (including phenoxy) is 3. The Labute approximate surface area is 255 Å². The molecule has 1 aliphatic carbocycles. The van der Waals surface area contributed by atoms with E-state index in [9.17, 15) is 14.4 Å². The van der Waals surface area contributed by atoms with Gasteiger partial charge in [-0.15, -0.1) is 11.3 Å². The van der Waals surface area contributed by atoms with Gasteiger partial charge in [0, 0.05) is 9.90 Å². The number of benzene rings is 2. The van der Waals surface area contributed by atoms with Crippen LogP contribution >= 0.6 is 38.9 Å². The molecule has 1 aromatic heterocycles. The monoisotopic (exact) mass is 661 g/mol. The van der Waals surface area contributed by atoms with Crippen LogP contribution in [-0.2, 0) is 33.8 Å². The summed E-state index contributed by atoms with van der Waals surface area (Å²) in [6.45, 7) is 4.50. The van der Waals surface area contributed by atoms with Crippen molar-refractivity contribution in [2.24, 2.45) is 5.10 Å². The van der Waals surface area contributed by atoms with Crippen LogP contribution in [0.4, 0.5) is 5.00 Å². The summed E-state index contributed by atoms with van der Waals surface area (Å²) in [6, 6.07) is 10.8. The fraction of sp³-hybridized carbons (Fsp3) is 0.310. The van der Waals surface area contributed by atoms with E-state index in [1.54, 1.807) is 31.2 Å². The molecule has 0 unspecified atom stereocenters. The molecule has 0 saturated carbocycles. The van der Waals surface area contributed by atoms with E-state index in [4.69, 9.17) is 25.8 Å².